The molecule has 1 aliphatic heterocycles. The Morgan fingerprint density at radius 1 is 0.946 bits per heavy atom. The van der Waals surface area contributed by atoms with Gasteiger partial charge in [0.2, 0.25) is 0 Å². The number of nitrogens with two attached hydrogens (primary N) is 1. The molecule has 1 saturated heterocycles. The van der Waals surface area contributed by atoms with Crippen LogP contribution in [0.1, 0.15) is 66.0 Å². The van der Waals surface area contributed by atoms with Gasteiger partial charge in [-0.15, -0.1) is 0 Å². The van der Waals surface area contributed by atoms with Crippen LogP contribution in [0.5, 0.6) is 0 Å². The highest BCUT2D eigenvalue weighted by Gasteiger charge is 2.21. The maximum absolute atomic E-state index is 11.7. The van der Waals surface area contributed by atoms with E-state index >= 15 is 0 Å². The van der Waals surface area contributed by atoms with Crippen LogP contribution in [0.2, 0.25) is 5.02 Å². The van der Waals surface area contributed by atoms with Gasteiger partial charge >= 0.3 is 0 Å². The van der Waals surface area contributed by atoms with E-state index in [0.717, 1.165) is 48.0 Å². The number of anilines is 1. The van der Waals surface area contributed by atoms with Gasteiger partial charge in [0.15, 0.2) is 0 Å². The zero-order valence-corrected chi connectivity index (χ0v) is 23.3. The summed E-state index contributed by atoms with van der Waals surface area (Å²) in [5, 5.41) is 0.827. The normalized spacial score (nSPS) is 17.7. The number of nitrogens with zero attached hydrogens (tertiary/aromatic N) is 1. The highest BCUT2D eigenvalue weighted by molar-refractivity contribution is 6.32. The van der Waals surface area contributed by atoms with E-state index in [4.69, 9.17) is 17.3 Å². The minimum Gasteiger partial charge on any atom is -0.399 e. The molecule has 5 rings (SSSR count). The Kier molecular flexibility index (Phi) is 9.45. The van der Waals surface area contributed by atoms with E-state index in [9.17, 15) is 4.39 Å². The average molecular weight is 519 g/mol. The van der Waals surface area contributed by atoms with E-state index < -0.39 is 0 Å². The molecule has 1 aliphatic carbocycles. The van der Waals surface area contributed by atoms with E-state index in [1.54, 1.807) is 0 Å². The van der Waals surface area contributed by atoms with Gasteiger partial charge in [0.1, 0.15) is 0 Å². The number of rotatable bonds is 5. The van der Waals surface area contributed by atoms with Crippen molar-refractivity contribution in [2.24, 2.45) is 5.92 Å². The number of hydrogen-bond acceptors (Lipinski definition) is 2. The summed E-state index contributed by atoms with van der Waals surface area (Å²) in [6, 6.07) is 21.5. The zero-order valence-electron chi connectivity index (χ0n) is 22.5. The molecular weight excluding hydrogens is 479 g/mol. The van der Waals surface area contributed by atoms with Gasteiger partial charge in [-0.3, -0.25) is 4.39 Å². The number of fused-ring (bicyclic) bond motifs is 1. The molecule has 1 fully saturated rings. The Bertz CT molecular complexity index is 1230. The van der Waals surface area contributed by atoms with Crippen LogP contribution in [-0.4, -0.2) is 31.2 Å². The van der Waals surface area contributed by atoms with Crippen LogP contribution in [0.4, 0.5) is 10.1 Å². The van der Waals surface area contributed by atoms with Crippen molar-refractivity contribution in [1.82, 2.24) is 4.90 Å². The fourth-order valence-corrected chi connectivity index (χ4v) is 5.85. The largest absolute Gasteiger partial charge is 0.399 e. The SMILES string of the molecule is CC1CCN(CCCF)C1.Cc1ccc(C2=C(c3ccc(C)cc3Cl)CCCc3cc(N)ccc32)cc1. The van der Waals surface area contributed by atoms with Crippen LogP contribution in [0.15, 0.2) is 60.7 Å². The first kappa shape index (κ1) is 27.4. The Labute approximate surface area is 227 Å². The minimum absolute atomic E-state index is 0.162. The van der Waals surface area contributed by atoms with E-state index in [2.05, 4.69) is 80.3 Å². The minimum atomic E-state index is -0.162. The van der Waals surface area contributed by atoms with Crippen LogP contribution < -0.4 is 5.73 Å². The van der Waals surface area contributed by atoms with Crippen LogP contribution in [0, 0.1) is 19.8 Å². The van der Waals surface area contributed by atoms with Crippen molar-refractivity contribution < 1.29 is 4.39 Å². The number of benzene rings is 3. The molecule has 3 aromatic rings. The lowest BCUT2D eigenvalue weighted by molar-refractivity contribution is 0.304. The highest BCUT2D eigenvalue weighted by Crippen LogP contribution is 2.42. The van der Waals surface area contributed by atoms with Gasteiger partial charge < -0.3 is 10.6 Å². The first-order chi connectivity index (χ1) is 17.9. The summed E-state index contributed by atoms with van der Waals surface area (Å²) in [6.07, 6.45) is 5.13. The van der Waals surface area contributed by atoms with Gasteiger partial charge in [-0.25, -0.2) is 0 Å². The summed E-state index contributed by atoms with van der Waals surface area (Å²) in [7, 11) is 0. The first-order valence-electron chi connectivity index (χ1n) is 13.6. The van der Waals surface area contributed by atoms with Crippen molar-refractivity contribution in [3.8, 4) is 0 Å². The second kappa shape index (κ2) is 12.8. The number of nitrogen functional groups attached to an aromatic ring is 1. The van der Waals surface area contributed by atoms with Gasteiger partial charge in [-0.1, -0.05) is 66.6 Å². The van der Waals surface area contributed by atoms with Crippen LogP contribution in [-0.2, 0) is 6.42 Å². The maximum atomic E-state index is 11.7. The molecule has 0 spiro atoms. The third kappa shape index (κ3) is 7.03. The highest BCUT2D eigenvalue weighted by atomic mass is 35.5. The van der Waals surface area contributed by atoms with Crippen molar-refractivity contribution >= 4 is 28.4 Å². The summed E-state index contributed by atoms with van der Waals surface area (Å²) in [6.45, 7) is 9.62. The number of halogens is 2. The Balaban J connectivity index is 0.000000270. The van der Waals surface area contributed by atoms with Crippen molar-refractivity contribution in [2.75, 3.05) is 32.0 Å². The predicted molar refractivity (Wildman–Crippen MR) is 158 cm³/mol. The summed E-state index contributed by atoms with van der Waals surface area (Å²) in [4.78, 5) is 2.35. The Morgan fingerprint density at radius 2 is 1.68 bits per heavy atom. The maximum Gasteiger partial charge on any atom is 0.0906 e. The second-order valence-corrected chi connectivity index (χ2v) is 11.1. The molecule has 0 aromatic heterocycles. The molecule has 0 amide bonds. The molecule has 1 unspecified atom stereocenters. The predicted octanol–water partition coefficient (Wildman–Crippen LogP) is 8.52. The van der Waals surface area contributed by atoms with Crippen molar-refractivity contribution in [3.05, 3.63) is 99.1 Å². The Morgan fingerprint density at radius 3 is 2.35 bits per heavy atom. The lowest BCUT2D eigenvalue weighted by Crippen LogP contribution is -2.21. The topological polar surface area (TPSA) is 29.3 Å². The molecule has 4 heteroatoms. The molecule has 1 atom stereocenters. The summed E-state index contributed by atoms with van der Waals surface area (Å²) in [5.74, 6) is 0.833. The fraction of sp³-hybridized carbons (Fsp3) is 0.394. The average Bonchev–Trinajstić information content (AvgIpc) is 3.20. The molecule has 0 saturated carbocycles. The van der Waals surface area contributed by atoms with Crippen LogP contribution in [0.25, 0.3) is 11.1 Å². The second-order valence-electron chi connectivity index (χ2n) is 10.7. The molecule has 2 nitrogen and oxygen atoms in total. The molecule has 0 bridgehead atoms. The summed E-state index contributed by atoms with van der Waals surface area (Å²) < 4.78 is 11.7. The van der Waals surface area contributed by atoms with E-state index in [-0.39, 0.29) is 6.67 Å². The number of alkyl halides is 1. The molecule has 2 N–H and O–H groups in total. The number of allylic oxidation sites excluding steroid dienone is 1. The molecule has 0 radical (unpaired) electrons. The van der Waals surface area contributed by atoms with Crippen molar-refractivity contribution in [2.45, 2.75) is 52.9 Å². The molecular formula is C33H40ClFN2. The van der Waals surface area contributed by atoms with E-state index in [1.165, 1.54) is 58.5 Å². The smallest absolute Gasteiger partial charge is 0.0906 e. The molecule has 1 heterocycles. The number of aryl methyl sites for hydroxylation is 3. The van der Waals surface area contributed by atoms with E-state index in [1.807, 2.05) is 6.07 Å². The van der Waals surface area contributed by atoms with Crippen LogP contribution >= 0.6 is 11.6 Å². The lowest BCUT2D eigenvalue weighted by atomic mass is 9.87. The standard InChI is InChI=1S/C25H24ClN.C8H16FN/c1-16-6-9-18(10-7-16)25-21-13-11-20(27)15-19(21)4-3-5-23(25)22-12-8-17(2)14-24(22)26;1-8-3-6-10(7-8)5-2-4-9/h6-15H,3-5,27H2,1-2H3;8H,2-7H2,1H3. The number of hydrogen-bond donors (Lipinski definition) is 1. The fourth-order valence-electron chi connectivity index (χ4n) is 5.50. The van der Waals surface area contributed by atoms with E-state index in [0.29, 0.717) is 6.42 Å². The molecule has 3 aromatic carbocycles. The van der Waals surface area contributed by atoms with Crippen molar-refractivity contribution in [1.29, 1.82) is 0 Å². The van der Waals surface area contributed by atoms with Gasteiger partial charge in [0, 0.05) is 23.8 Å². The number of likely N-dealkylation sites (tertiary alicyclic amines) is 1. The quantitative estimate of drug-likeness (QED) is 0.343. The molecule has 2 aliphatic rings. The van der Waals surface area contributed by atoms with Gasteiger partial charge in [-0.2, -0.15) is 0 Å². The monoisotopic (exact) mass is 518 g/mol. The first-order valence-corrected chi connectivity index (χ1v) is 14.0. The van der Waals surface area contributed by atoms with Crippen LogP contribution in [0.3, 0.4) is 0 Å². The van der Waals surface area contributed by atoms with Crippen molar-refractivity contribution in [3.63, 3.8) is 0 Å². The third-order valence-electron chi connectivity index (χ3n) is 7.48. The zero-order chi connectivity index (χ0) is 26.4. The van der Waals surface area contributed by atoms with Gasteiger partial charge in [0.25, 0.3) is 0 Å². The van der Waals surface area contributed by atoms with Gasteiger partial charge in [-0.05, 0) is 116 Å². The third-order valence-corrected chi connectivity index (χ3v) is 7.79. The lowest BCUT2D eigenvalue weighted by Gasteiger charge is -2.18. The Hall–Kier alpha value is -2.62. The van der Waals surface area contributed by atoms with Gasteiger partial charge in [0.05, 0.1) is 6.67 Å². The molecule has 37 heavy (non-hydrogen) atoms. The summed E-state index contributed by atoms with van der Waals surface area (Å²) >= 11 is 6.69. The molecule has 196 valence electrons. The summed E-state index contributed by atoms with van der Waals surface area (Å²) in [5.41, 5.74) is 16.9.